The number of carboxylic acids is 1. The summed E-state index contributed by atoms with van der Waals surface area (Å²) in [4.78, 5) is 16.2. The van der Waals surface area contributed by atoms with Gasteiger partial charge in [0.15, 0.2) is 5.82 Å². The Bertz CT molecular complexity index is 858. The minimum absolute atomic E-state index is 0.262. The first-order chi connectivity index (χ1) is 10.1. The lowest BCUT2D eigenvalue weighted by Crippen LogP contribution is -2.06. The van der Waals surface area contributed by atoms with Gasteiger partial charge in [-0.2, -0.15) is 5.10 Å². The number of benzene rings is 1. The molecular weight excluding hydrogens is 268 g/mol. The predicted molar refractivity (Wildman–Crippen MR) is 76.8 cm³/mol. The maximum atomic E-state index is 11.5. The molecule has 1 fully saturated rings. The van der Waals surface area contributed by atoms with E-state index in [1.807, 2.05) is 29.9 Å². The van der Waals surface area contributed by atoms with Crippen molar-refractivity contribution >= 4 is 17.0 Å². The molecule has 0 unspecified atom stereocenters. The molecule has 1 aliphatic carbocycles. The number of para-hydroxylation sites is 1. The Morgan fingerprint density at radius 2 is 2.14 bits per heavy atom. The van der Waals surface area contributed by atoms with Crippen molar-refractivity contribution in [1.29, 1.82) is 0 Å². The summed E-state index contributed by atoms with van der Waals surface area (Å²) in [6.45, 7) is 0. The van der Waals surface area contributed by atoms with E-state index in [-0.39, 0.29) is 5.56 Å². The Morgan fingerprint density at radius 1 is 1.33 bits per heavy atom. The lowest BCUT2D eigenvalue weighted by Gasteiger charge is -2.06. The van der Waals surface area contributed by atoms with Crippen LogP contribution in [-0.2, 0) is 7.05 Å². The molecule has 3 aromatic rings. The van der Waals surface area contributed by atoms with Crippen LogP contribution >= 0.6 is 0 Å². The Labute approximate surface area is 120 Å². The van der Waals surface area contributed by atoms with Crippen LogP contribution in [0.2, 0.25) is 0 Å². The zero-order chi connectivity index (χ0) is 14.6. The number of hydrogen-bond donors (Lipinski definition) is 1. The predicted octanol–water partition coefficient (Wildman–Crippen LogP) is 2.33. The molecule has 0 bridgehead atoms. The normalized spacial score (nSPS) is 14.7. The summed E-state index contributed by atoms with van der Waals surface area (Å²) in [6.07, 6.45) is 4.04. The SMILES string of the molecule is Cn1ccc(-n2c(C3CC3)nc3cccc(C(=O)O)c32)n1. The number of aromatic nitrogens is 4. The molecule has 0 amide bonds. The molecule has 1 saturated carbocycles. The Kier molecular flexibility index (Phi) is 2.42. The fourth-order valence-corrected chi connectivity index (χ4v) is 2.69. The van der Waals surface area contributed by atoms with E-state index in [2.05, 4.69) is 10.1 Å². The summed E-state index contributed by atoms with van der Waals surface area (Å²) in [5.74, 6) is 1.09. The standard InChI is InChI=1S/C15H14N4O2/c1-18-8-7-12(17-18)19-13-10(15(20)21)3-2-4-11(13)16-14(19)9-5-6-9/h2-4,7-9H,5-6H2,1H3,(H,20,21). The highest BCUT2D eigenvalue weighted by atomic mass is 16.4. The third-order valence-corrected chi connectivity index (χ3v) is 3.80. The highest BCUT2D eigenvalue weighted by molar-refractivity contribution is 6.01. The van der Waals surface area contributed by atoms with E-state index in [9.17, 15) is 9.90 Å². The average Bonchev–Trinajstić information content (AvgIpc) is 3.10. The van der Waals surface area contributed by atoms with Gasteiger partial charge in [0.05, 0.1) is 16.6 Å². The number of carboxylic acid groups (broad SMARTS) is 1. The smallest absolute Gasteiger partial charge is 0.337 e. The molecule has 2 heterocycles. The van der Waals surface area contributed by atoms with Crippen LogP contribution < -0.4 is 0 Å². The number of aromatic carboxylic acids is 1. The number of fused-ring (bicyclic) bond motifs is 1. The third-order valence-electron chi connectivity index (χ3n) is 3.80. The monoisotopic (exact) mass is 282 g/mol. The molecule has 6 nitrogen and oxygen atoms in total. The number of rotatable bonds is 3. The van der Waals surface area contributed by atoms with Crippen LogP contribution in [0.5, 0.6) is 0 Å². The van der Waals surface area contributed by atoms with Crippen molar-refractivity contribution in [3.8, 4) is 5.82 Å². The summed E-state index contributed by atoms with van der Waals surface area (Å²) in [7, 11) is 1.84. The molecule has 1 aromatic carbocycles. The van der Waals surface area contributed by atoms with Gasteiger partial charge < -0.3 is 5.11 Å². The van der Waals surface area contributed by atoms with E-state index < -0.39 is 5.97 Å². The lowest BCUT2D eigenvalue weighted by molar-refractivity contribution is 0.0698. The minimum atomic E-state index is -0.944. The molecule has 1 N–H and O–H groups in total. The Balaban J connectivity index is 2.09. The Morgan fingerprint density at radius 3 is 2.76 bits per heavy atom. The van der Waals surface area contributed by atoms with Gasteiger partial charge in [-0.15, -0.1) is 0 Å². The lowest BCUT2D eigenvalue weighted by atomic mass is 10.2. The van der Waals surface area contributed by atoms with Gasteiger partial charge in [0.1, 0.15) is 5.82 Å². The van der Waals surface area contributed by atoms with E-state index in [0.717, 1.165) is 24.5 Å². The van der Waals surface area contributed by atoms with Crippen LogP contribution in [0.4, 0.5) is 0 Å². The number of nitrogens with zero attached hydrogens (tertiary/aromatic N) is 4. The van der Waals surface area contributed by atoms with E-state index in [1.54, 1.807) is 16.8 Å². The molecule has 2 aromatic heterocycles. The summed E-state index contributed by atoms with van der Waals surface area (Å²) in [5.41, 5.74) is 1.60. The maximum absolute atomic E-state index is 11.5. The van der Waals surface area contributed by atoms with Crippen LogP contribution in [0.3, 0.4) is 0 Å². The molecule has 21 heavy (non-hydrogen) atoms. The molecule has 1 aliphatic rings. The molecule has 6 heteroatoms. The van der Waals surface area contributed by atoms with Crippen molar-refractivity contribution in [2.24, 2.45) is 7.05 Å². The largest absolute Gasteiger partial charge is 0.478 e. The number of aryl methyl sites for hydroxylation is 1. The highest BCUT2D eigenvalue weighted by Crippen LogP contribution is 2.42. The van der Waals surface area contributed by atoms with Crippen LogP contribution in [-0.4, -0.2) is 30.4 Å². The van der Waals surface area contributed by atoms with E-state index >= 15 is 0 Å². The van der Waals surface area contributed by atoms with Gasteiger partial charge in [0.25, 0.3) is 0 Å². The van der Waals surface area contributed by atoms with Gasteiger partial charge in [-0.05, 0) is 25.0 Å². The molecule has 0 saturated heterocycles. The zero-order valence-corrected chi connectivity index (χ0v) is 11.5. The van der Waals surface area contributed by atoms with Crippen molar-refractivity contribution < 1.29 is 9.90 Å². The molecule has 0 aliphatic heterocycles. The molecule has 0 radical (unpaired) electrons. The summed E-state index contributed by atoms with van der Waals surface area (Å²) < 4.78 is 3.61. The van der Waals surface area contributed by atoms with E-state index in [4.69, 9.17) is 0 Å². The Hall–Kier alpha value is -2.63. The van der Waals surface area contributed by atoms with Gasteiger partial charge in [0, 0.05) is 25.2 Å². The van der Waals surface area contributed by atoms with Gasteiger partial charge in [0.2, 0.25) is 0 Å². The first-order valence-electron chi connectivity index (χ1n) is 6.90. The average molecular weight is 282 g/mol. The quantitative estimate of drug-likeness (QED) is 0.800. The first kappa shape index (κ1) is 12.1. The molecule has 4 rings (SSSR count). The summed E-state index contributed by atoms with van der Waals surface area (Å²) >= 11 is 0. The second-order valence-corrected chi connectivity index (χ2v) is 5.41. The van der Waals surface area contributed by atoms with Crippen molar-refractivity contribution in [3.63, 3.8) is 0 Å². The van der Waals surface area contributed by atoms with Crippen molar-refractivity contribution in [2.45, 2.75) is 18.8 Å². The molecule has 0 atom stereocenters. The van der Waals surface area contributed by atoms with E-state index in [0.29, 0.717) is 17.0 Å². The second-order valence-electron chi connectivity index (χ2n) is 5.41. The highest BCUT2D eigenvalue weighted by Gasteiger charge is 2.31. The zero-order valence-electron chi connectivity index (χ0n) is 11.5. The van der Waals surface area contributed by atoms with Crippen molar-refractivity contribution in [1.82, 2.24) is 19.3 Å². The third kappa shape index (κ3) is 1.83. The van der Waals surface area contributed by atoms with Crippen LogP contribution in [0.15, 0.2) is 30.5 Å². The topological polar surface area (TPSA) is 72.9 Å². The number of hydrogen-bond acceptors (Lipinski definition) is 3. The van der Waals surface area contributed by atoms with E-state index in [1.165, 1.54) is 0 Å². The van der Waals surface area contributed by atoms with Gasteiger partial charge in [-0.25, -0.2) is 9.78 Å². The van der Waals surface area contributed by atoms with Crippen molar-refractivity contribution in [3.05, 3.63) is 41.9 Å². The molecule has 106 valence electrons. The van der Waals surface area contributed by atoms with Crippen LogP contribution in [0, 0.1) is 0 Å². The van der Waals surface area contributed by atoms with Gasteiger partial charge in [-0.1, -0.05) is 6.07 Å². The van der Waals surface area contributed by atoms with Crippen LogP contribution in [0.25, 0.3) is 16.9 Å². The summed E-state index contributed by atoms with van der Waals surface area (Å²) in [5, 5.41) is 13.9. The van der Waals surface area contributed by atoms with Crippen LogP contribution in [0.1, 0.15) is 34.9 Å². The van der Waals surface area contributed by atoms with Crippen molar-refractivity contribution in [2.75, 3.05) is 0 Å². The molecule has 0 spiro atoms. The first-order valence-corrected chi connectivity index (χ1v) is 6.90. The molecular formula is C15H14N4O2. The van der Waals surface area contributed by atoms with Gasteiger partial charge in [-0.3, -0.25) is 9.25 Å². The second kappa shape index (κ2) is 4.18. The fraction of sp³-hybridized carbons (Fsp3) is 0.267. The number of imidazole rings is 1. The maximum Gasteiger partial charge on any atom is 0.337 e. The number of carbonyl (C=O) groups is 1. The fourth-order valence-electron chi connectivity index (χ4n) is 2.69. The minimum Gasteiger partial charge on any atom is -0.478 e. The summed E-state index contributed by atoms with van der Waals surface area (Å²) in [6, 6.07) is 7.08. The van der Waals surface area contributed by atoms with Gasteiger partial charge >= 0.3 is 5.97 Å².